The van der Waals surface area contributed by atoms with Crippen LogP contribution in [0.2, 0.25) is 5.02 Å². The fourth-order valence-electron chi connectivity index (χ4n) is 5.12. The second kappa shape index (κ2) is 11.6. The topological polar surface area (TPSA) is 59.0 Å². The van der Waals surface area contributed by atoms with Crippen molar-refractivity contribution in [1.29, 1.82) is 0 Å². The standard InChI is InChI=1S/C29H30ClNO4S/c30-23-7-5-20(6-8-23)17-21-11-13-31(14-12-21)15-16-36-28-25-4-2-1-3-22(25)19-34-27-10-9-24(18-26(27)28)35-29(32)33/h1-10,18,21,28H,11-17,19H2,(H,32,33). The Labute approximate surface area is 221 Å². The Morgan fingerprint density at radius 3 is 2.61 bits per heavy atom. The summed E-state index contributed by atoms with van der Waals surface area (Å²) in [6.07, 6.45) is 2.24. The zero-order valence-electron chi connectivity index (χ0n) is 20.1. The number of ether oxygens (including phenoxy) is 2. The molecule has 5 rings (SSSR count). The van der Waals surface area contributed by atoms with Crippen molar-refractivity contribution in [3.05, 3.63) is 94.0 Å². The first-order valence-electron chi connectivity index (χ1n) is 12.4. The van der Waals surface area contributed by atoms with Gasteiger partial charge in [-0.1, -0.05) is 48.0 Å². The van der Waals surface area contributed by atoms with Crippen LogP contribution in [0.5, 0.6) is 11.5 Å². The van der Waals surface area contributed by atoms with E-state index in [-0.39, 0.29) is 5.25 Å². The lowest BCUT2D eigenvalue weighted by Gasteiger charge is -2.32. The summed E-state index contributed by atoms with van der Waals surface area (Å²) in [6, 6.07) is 21.9. The van der Waals surface area contributed by atoms with Gasteiger partial charge in [0.25, 0.3) is 0 Å². The van der Waals surface area contributed by atoms with Crippen LogP contribution >= 0.6 is 23.4 Å². The summed E-state index contributed by atoms with van der Waals surface area (Å²) in [5.41, 5.74) is 4.71. The lowest BCUT2D eigenvalue weighted by Crippen LogP contribution is -2.35. The minimum Gasteiger partial charge on any atom is -0.489 e. The Morgan fingerprint density at radius 1 is 1.06 bits per heavy atom. The average molecular weight is 524 g/mol. The molecule has 3 aromatic carbocycles. The Hall–Kier alpha value is -2.67. The Morgan fingerprint density at radius 2 is 1.83 bits per heavy atom. The smallest absolute Gasteiger partial charge is 0.489 e. The molecular formula is C29H30ClNO4S. The number of piperidine rings is 1. The monoisotopic (exact) mass is 523 g/mol. The van der Waals surface area contributed by atoms with Gasteiger partial charge in [0.1, 0.15) is 18.1 Å². The number of hydrogen-bond donors (Lipinski definition) is 1. The van der Waals surface area contributed by atoms with E-state index in [1.54, 1.807) is 6.07 Å². The van der Waals surface area contributed by atoms with Crippen LogP contribution in [0.3, 0.4) is 0 Å². The summed E-state index contributed by atoms with van der Waals surface area (Å²) in [4.78, 5) is 13.7. The van der Waals surface area contributed by atoms with E-state index in [2.05, 4.69) is 35.2 Å². The zero-order valence-corrected chi connectivity index (χ0v) is 21.6. The van der Waals surface area contributed by atoms with Crippen molar-refractivity contribution in [2.75, 3.05) is 25.4 Å². The van der Waals surface area contributed by atoms with E-state index >= 15 is 0 Å². The number of nitrogens with zero attached hydrogens (tertiary/aromatic N) is 1. The van der Waals surface area contributed by atoms with Gasteiger partial charge in [-0.3, -0.25) is 0 Å². The van der Waals surface area contributed by atoms with Crippen LogP contribution in [0.15, 0.2) is 66.7 Å². The fourth-order valence-corrected chi connectivity index (χ4v) is 6.62. The van der Waals surface area contributed by atoms with Crippen LogP contribution in [-0.2, 0) is 13.0 Å². The second-order valence-electron chi connectivity index (χ2n) is 9.42. The molecule has 0 bridgehead atoms. The molecule has 36 heavy (non-hydrogen) atoms. The lowest BCUT2D eigenvalue weighted by atomic mass is 9.90. The molecule has 2 aliphatic rings. The lowest BCUT2D eigenvalue weighted by molar-refractivity contribution is 0.144. The number of benzene rings is 3. The average Bonchev–Trinajstić information content (AvgIpc) is 3.03. The highest BCUT2D eigenvalue weighted by atomic mass is 35.5. The number of rotatable bonds is 7. The first-order valence-corrected chi connectivity index (χ1v) is 13.8. The van der Waals surface area contributed by atoms with Crippen molar-refractivity contribution in [1.82, 2.24) is 4.90 Å². The van der Waals surface area contributed by atoms with E-state index in [9.17, 15) is 4.79 Å². The summed E-state index contributed by atoms with van der Waals surface area (Å²) in [7, 11) is 0. The Balaban J connectivity index is 1.22. The third-order valence-corrected chi connectivity index (χ3v) is 8.54. The highest BCUT2D eigenvalue weighted by molar-refractivity contribution is 7.99. The molecule has 3 aromatic rings. The normalized spacial score (nSPS) is 18.0. The highest BCUT2D eigenvalue weighted by Crippen LogP contribution is 2.45. The molecule has 7 heteroatoms. The van der Waals surface area contributed by atoms with Crippen molar-refractivity contribution in [3.63, 3.8) is 0 Å². The summed E-state index contributed by atoms with van der Waals surface area (Å²) in [5, 5.41) is 9.93. The van der Waals surface area contributed by atoms with Crippen LogP contribution in [0, 0.1) is 5.92 Å². The van der Waals surface area contributed by atoms with Gasteiger partial charge in [0.05, 0.1) is 5.25 Å². The molecule has 2 heterocycles. The third-order valence-electron chi connectivity index (χ3n) is 7.03. The van der Waals surface area contributed by atoms with Crippen LogP contribution in [-0.4, -0.2) is 41.5 Å². The SMILES string of the molecule is O=C(O)Oc1ccc2c(c1)C(SCCN1CCC(Cc3ccc(Cl)cc3)CC1)c1ccccc1CO2. The van der Waals surface area contributed by atoms with Gasteiger partial charge in [0, 0.05) is 22.9 Å². The maximum absolute atomic E-state index is 11.1. The fraction of sp³-hybridized carbons (Fsp3) is 0.345. The van der Waals surface area contributed by atoms with Crippen molar-refractivity contribution in [2.45, 2.75) is 31.1 Å². The van der Waals surface area contributed by atoms with Crippen LogP contribution < -0.4 is 9.47 Å². The maximum Gasteiger partial charge on any atom is 0.511 e. The first-order chi connectivity index (χ1) is 17.5. The molecule has 0 aliphatic carbocycles. The maximum atomic E-state index is 11.1. The quantitative estimate of drug-likeness (QED) is 0.264. The molecule has 5 nitrogen and oxygen atoms in total. The number of halogens is 1. The molecule has 0 amide bonds. The number of carboxylic acid groups (broad SMARTS) is 1. The number of likely N-dealkylation sites (tertiary alicyclic amines) is 1. The van der Waals surface area contributed by atoms with Gasteiger partial charge < -0.3 is 19.5 Å². The van der Waals surface area contributed by atoms with Gasteiger partial charge in [-0.25, -0.2) is 4.79 Å². The molecule has 0 radical (unpaired) electrons. The molecule has 1 N–H and O–H groups in total. The van der Waals surface area contributed by atoms with Gasteiger partial charge in [-0.05, 0) is 85.3 Å². The van der Waals surface area contributed by atoms with E-state index in [0.717, 1.165) is 59.6 Å². The Kier molecular flexibility index (Phi) is 8.05. The van der Waals surface area contributed by atoms with E-state index in [0.29, 0.717) is 12.4 Å². The molecule has 0 saturated carbocycles. The van der Waals surface area contributed by atoms with Crippen LogP contribution in [0.25, 0.3) is 0 Å². The van der Waals surface area contributed by atoms with Gasteiger partial charge in [0.2, 0.25) is 0 Å². The molecule has 0 spiro atoms. The van der Waals surface area contributed by atoms with Crippen LogP contribution in [0.1, 0.15) is 40.3 Å². The van der Waals surface area contributed by atoms with Gasteiger partial charge >= 0.3 is 6.16 Å². The van der Waals surface area contributed by atoms with Gasteiger partial charge in [0.15, 0.2) is 0 Å². The summed E-state index contributed by atoms with van der Waals surface area (Å²) >= 11 is 7.91. The predicted octanol–water partition coefficient (Wildman–Crippen LogP) is 7.07. The molecule has 188 valence electrons. The Bertz CT molecular complexity index is 1190. The van der Waals surface area contributed by atoms with Crippen molar-refractivity contribution >= 4 is 29.5 Å². The molecule has 1 saturated heterocycles. The largest absolute Gasteiger partial charge is 0.511 e. The molecular weight excluding hydrogens is 494 g/mol. The van der Waals surface area contributed by atoms with E-state index < -0.39 is 6.16 Å². The number of hydrogen-bond acceptors (Lipinski definition) is 5. The van der Waals surface area contributed by atoms with Crippen molar-refractivity contribution in [2.24, 2.45) is 5.92 Å². The second-order valence-corrected chi connectivity index (χ2v) is 11.1. The van der Waals surface area contributed by atoms with Crippen molar-refractivity contribution < 1.29 is 19.4 Å². The van der Waals surface area contributed by atoms with E-state index in [1.807, 2.05) is 42.1 Å². The van der Waals surface area contributed by atoms with E-state index in [1.165, 1.54) is 24.0 Å². The zero-order chi connectivity index (χ0) is 24.9. The number of thioether (sulfide) groups is 1. The minimum atomic E-state index is -1.31. The molecule has 0 aromatic heterocycles. The molecule has 1 atom stereocenters. The molecule has 2 aliphatic heterocycles. The first kappa shape index (κ1) is 25.0. The summed E-state index contributed by atoms with van der Waals surface area (Å²) in [6.45, 7) is 3.77. The van der Waals surface area contributed by atoms with Crippen LogP contribution in [0.4, 0.5) is 4.79 Å². The van der Waals surface area contributed by atoms with Crippen molar-refractivity contribution in [3.8, 4) is 11.5 Å². The minimum absolute atomic E-state index is 0.0542. The van der Waals surface area contributed by atoms with E-state index in [4.69, 9.17) is 26.2 Å². The number of carbonyl (C=O) groups is 1. The van der Waals surface area contributed by atoms with Gasteiger partial charge in [-0.2, -0.15) is 0 Å². The van der Waals surface area contributed by atoms with Gasteiger partial charge in [-0.15, -0.1) is 11.8 Å². The molecule has 1 fully saturated rings. The molecule has 1 unspecified atom stereocenters. The number of fused-ring (bicyclic) bond motifs is 2. The summed E-state index contributed by atoms with van der Waals surface area (Å²) in [5.74, 6) is 2.80. The highest BCUT2D eigenvalue weighted by Gasteiger charge is 2.27. The predicted molar refractivity (Wildman–Crippen MR) is 144 cm³/mol. The third kappa shape index (κ3) is 6.17. The summed E-state index contributed by atoms with van der Waals surface area (Å²) < 4.78 is 11.0.